The molecule has 0 unspecified atom stereocenters. The smallest absolute Gasteiger partial charge is 0.338 e. The molecule has 0 N–H and O–H groups in total. The summed E-state index contributed by atoms with van der Waals surface area (Å²) in [4.78, 5) is 39.0. The van der Waals surface area contributed by atoms with Crippen molar-refractivity contribution < 1.29 is 19.2 Å². The first-order valence-electron chi connectivity index (χ1n) is 9.76. The fraction of sp³-hybridized carbons (Fsp3) is 0.364. The number of ether oxygens (including phenoxy) is 1. The Bertz CT molecular complexity index is 973. The molecule has 0 aromatic heterocycles. The van der Waals surface area contributed by atoms with Gasteiger partial charge < -0.3 is 14.5 Å². The molecule has 3 rings (SSSR count). The third kappa shape index (κ3) is 4.42. The molecule has 1 aliphatic carbocycles. The molecule has 2 aromatic rings. The van der Waals surface area contributed by atoms with Crippen molar-refractivity contribution in [1.29, 1.82) is 0 Å². The predicted octanol–water partition coefficient (Wildman–Crippen LogP) is 3.35. The highest BCUT2D eigenvalue weighted by Gasteiger charge is 2.27. The number of nitro benzene ring substituents is 1. The van der Waals surface area contributed by atoms with Crippen molar-refractivity contribution in [2.24, 2.45) is 0 Å². The molecule has 0 spiro atoms. The van der Waals surface area contributed by atoms with Crippen LogP contribution in [0.25, 0.3) is 0 Å². The number of hydrogen-bond donors (Lipinski definition) is 0. The molecule has 0 saturated heterocycles. The van der Waals surface area contributed by atoms with Crippen LogP contribution in [0.2, 0.25) is 0 Å². The summed E-state index contributed by atoms with van der Waals surface area (Å²) in [5.41, 5.74) is 2.57. The maximum absolute atomic E-state index is 12.6. The number of aryl methyl sites for hydroxylation is 1. The van der Waals surface area contributed by atoms with E-state index in [4.69, 9.17) is 4.74 Å². The van der Waals surface area contributed by atoms with Gasteiger partial charge in [-0.05, 0) is 42.5 Å². The minimum atomic E-state index is -0.769. The van der Waals surface area contributed by atoms with Gasteiger partial charge in [0.05, 0.1) is 16.5 Å². The highest BCUT2D eigenvalue weighted by atomic mass is 16.6. The average Bonchev–Trinajstić information content (AvgIpc) is 2.75. The van der Waals surface area contributed by atoms with Gasteiger partial charge >= 0.3 is 5.97 Å². The van der Waals surface area contributed by atoms with Gasteiger partial charge in [0.15, 0.2) is 6.61 Å². The van der Waals surface area contributed by atoms with Gasteiger partial charge in [0, 0.05) is 27.2 Å². The number of fused-ring (bicyclic) bond motifs is 1. The second kappa shape index (κ2) is 8.94. The Morgan fingerprint density at radius 1 is 1.17 bits per heavy atom. The van der Waals surface area contributed by atoms with E-state index < -0.39 is 17.5 Å². The second-order valence-electron chi connectivity index (χ2n) is 7.54. The average molecular weight is 411 g/mol. The van der Waals surface area contributed by atoms with Crippen LogP contribution in [0.5, 0.6) is 0 Å². The van der Waals surface area contributed by atoms with Gasteiger partial charge in [0.25, 0.3) is 11.6 Å². The van der Waals surface area contributed by atoms with E-state index in [1.54, 1.807) is 30.9 Å². The molecule has 0 fully saturated rings. The zero-order valence-electron chi connectivity index (χ0n) is 17.3. The van der Waals surface area contributed by atoms with Gasteiger partial charge in [-0.25, -0.2) is 4.79 Å². The van der Waals surface area contributed by atoms with Crippen LogP contribution in [0.4, 0.5) is 11.4 Å². The molecular formula is C22H25N3O5. The fourth-order valence-electron chi connectivity index (χ4n) is 3.79. The summed E-state index contributed by atoms with van der Waals surface area (Å²) in [7, 11) is 5.07. The second-order valence-corrected chi connectivity index (χ2v) is 7.54. The summed E-state index contributed by atoms with van der Waals surface area (Å²) >= 11 is 0. The lowest BCUT2D eigenvalue weighted by molar-refractivity contribution is -0.384. The summed E-state index contributed by atoms with van der Waals surface area (Å²) in [6, 6.07) is 12.1. The molecule has 158 valence electrons. The number of nitrogens with zero attached hydrogens (tertiary/aromatic N) is 3. The number of benzene rings is 2. The number of amides is 1. The van der Waals surface area contributed by atoms with Crippen LogP contribution in [0.1, 0.15) is 40.4 Å². The molecule has 30 heavy (non-hydrogen) atoms. The quantitative estimate of drug-likeness (QED) is 0.411. The first kappa shape index (κ1) is 21.3. The first-order chi connectivity index (χ1) is 14.3. The molecule has 2 aromatic carbocycles. The molecular weight excluding hydrogens is 386 g/mol. The number of carbonyl (C=O) groups is 2. The monoisotopic (exact) mass is 411 g/mol. The van der Waals surface area contributed by atoms with E-state index >= 15 is 0 Å². The number of likely N-dealkylation sites (N-methyl/N-ethyl adjacent to an activating group) is 1. The van der Waals surface area contributed by atoms with E-state index in [1.807, 2.05) is 18.2 Å². The number of carbonyl (C=O) groups excluding carboxylic acids is 2. The third-order valence-electron chi connectivity index (χ3n) is 5.42. The first-order valence-corrected chi connectivity index (χ1v) is 9.76. The van der Waals surface area contributed by atoms with Crippen molar-refractivity contribution in [3.8, 4) is 0 Å². The van der Waals surface area contributed by atoms with E-state index in [0.29, 0.717) is 5.69 Å². The molecule has 0 radical (unpaired) electrons. The van der Waals surface area contributed by atoms with Crippen LogP contribution in [-0.4, -0.2) is 49.4 Å². The van der Waals surface area contributed by atoms with E-state index in [9.17, 15) is 19.7 Å². The maximum atomic E-state index is 12.6. The van der Waals surface area contributed by atoms with Crippen LogP contribution in [0.3, 0.4) is 0 Å². The van der Waals surface area contributed by atoms with Crippen LogP contribution in [0.15, 0.2) is 42.5 Å². The molecule has 1 amide bonds. The summed E-state index contributed by atoms with van der Waals surface area (Å²) in [5.74, 6) is -1.08. The minimum Gasteiger partial charge on any atom is -0.452 e. The Kier molecular flexibility index (Phi) is 6.34. The number of nitro groups is 1. The lowest BCUT2D eigenvalue weighted by Gasteiger charge is -2.33. The van der Waals surface area contributed by atoms with Gasteiger partial charge in [0.1, 0.15) is 5.69 Å². The summed E-state index contributed by atoms with van der Waals surface area (Å²) in [6.45, 7) is -0.419. The topological polar surface area (TPSA) is 93.0 Å². The molecule has 1 aliphatic rings. The summed E-state index contributed by atoms with van der Waals surface area (Å²) in [6.07, 6.45) is 2.83. The highest BCUT2D eigenvalue weighted by molar-refractivity contribution is 5.93. The highest BCUT2D eigenvalue weighted by Crippen LogP contribution is 2.33. The van der Waals surface area contributed by atoms with Crippen LogP contribution < -0.4 is 4.90 Å². The number of hydrogen-bond acceptors (Lipinski definition) is 6. The van der Waals surface area contributed by atoms with Gasteiger partial charge in [0.2, 0.25) is 0 Å². The Balaban J connectivity index is 1.67. The maximum Gasteiger partial charge on any atom is 0.338 e. The Labute approximate surface area is 175 Å². The van der Waals surface area contributed by atoms with E-state index in [0.717, 1.165) is 24.8 Å². The van der Waals surface area contributed by atoms with Crippen molar-refractivity contribution in [2.45, 2.75) is 25.3 Å². The standard InChI is InChI=1S/C22H25N3O5/c1-23(2)19-12-11-16(13-20(19)25(28)29)22(27)30-14-21(26)24(3)18-10-6-8-15-7-4-5-9-17(15)18/h4-5,7,9,11-13,18H,6,8,10,14H2,1-3H3/t18-/m0/s1. The SMILES string of the molecule is CN(C)c1ccc(C(=O)OCC(=O)N(C)[C@H]2CCCc3ccccc32)cc1[N+](=O)[O-]. The van der Waals surface area contributed by atoms with Crippen molar-refractivity contribution in [3.63, 3.8) is 0 Å². The number of anilines is 1. The van der Waals surface area contributed by atoms with Crippen molar-refractivity contribution >= 4 is 23.3 Å². The van der Waals surface area contributed by atoms with Crippen molar-refractivity contribution in [3.05, 3.63) is 69.3 Å². The van der Waals surface area contributed by atoms with E-state index in [-0.39, 0.29) is 23.2 Å². The molecule has 8 heteroatoms. The van der Waals surface area contributed by atoms with Crippen LogP contribution >= 0.6 is 0 Å². The summed E-state index contributed by atoms with van der Waals surface area (Å²) in [5, 5.41) is 11.3. The molecule has 0 heterocycles. The molecule has 1 atom stereocenters. The third-order valence-corrected chi connectivity index (χ3v) is 5.42. The Morgan fingerprint density at radius 2 is 1.90 bits per heavy atom. The van der Waals surface area contributed by atoms with Crippen LogP contribution in [0, 0.1) is 10.1 Å². The lowest BCUT2D eigenvalue weighted by atomic mass is 9.87. The van der Waals surface area contributed by atoms with Gasteiger partial charge in [-0.3, -0.25) is 14.9 Å². The zero-order chi connectivity index (χ0) is 21.8. The largest absolute Gasteiger partial charge is 0.452 e. The Morgan fingerprint density at radius 3 is 2.60 bits per heavy atom. The van der Waals surface area contributed by atoms with Gasteiger partial charge in [-0.15, -0.1) is 0 Å². The molecule has 0 saturated carbocycles. The molecule has 0 aliphatic heterocycles. The molecule has 8 nitrogen and oxygen atoms in total. The van der Waals surface area contributed by atoms with E-state index in [2.05, 4.69) is 6.07 Å². The Hall–Kier alpha value is -3.42. The summed E-state index contributed by atoms with van der Waals surface area (Å²) < 4.78 is 5.16. The fourth-order valence-corrected chi connectivity index (χ4v) is 3.79. The van der Waals surface area contributed by atoms with Crippen LogP contribution in [-0.2, 0) is 16.0 Å². The van der Waals surface area contributed by atoms with Gasteiger partial charge in [-0.2, -0.15) is 0 Å². The van der Waals surface area contributed by atoms with E-state index in [1.165, 1.54) is 23.8 Å². The number of rotatable bonds is 6. The van der Waals surface area contributed by atoms with Crippen molar-refractivity contribution in [2.75, 3.05) is 32.6 Å². The zero-order valence-corrected chi connectivity index (χ0v) is 17.3. The van der Waals surface area contributed by atoms with Crippen molar-refractivity contribution in [1.82, 2.24) is 4.90 Å². The van der Waals surface area contributed by atoms with Gasteiger partial charge in [-0.1, -0.05) is 24.3 Å². The normalized spacial score (nSPS) is 15.1. The minimum absolute atomic E-state index is 0.0331. The lowest BCUT2D eigenvalue weighted by Crippen LogP contribution is -2.36. The molecule has 0 bridgehead atoms. The predicted molar refractivity (Wildman–Crippen MR) is 113 cm³/mol. The number of esters is 1.